The number of rotatable bonds is 52. The zero-order valence-corrected chi connectivity index (χ0v) is 46.2. The maximum absolute atomic E-state index is 13.0. The number of nitrogens with zero attached hydrogens (tertiary/aromatic N) is 1. The molecule has 0 aliphatic heterocycles. The fourth-order valence-electron chi connectivity index (χ4n) is 8.16. The van der Waals surface area contributed by atoms with E-state index >= 15 is 0 Å². The number of carbonyl (C=O) groups excluding carboxylic acids is 1. The van der Waals surface area contributed by atoms with Crippen LogP contribution in [0.4, 0.5) is 0 Å². The molecule has 0 aliphatic rings. The first kappa shape index (κ1) is 66.2. The van der Waals surface area contributed by atoms with E-state index < -0.39 is 20.0 Å². The summed E-state index contributed by atoms with van der Waals surface area (Å²) in [6, 6.07) is -0.873. The highest BCUT2D eigenvalue weighted by atomic mass is 31.2. The first-order chi connectivity index (χ1) is 33.0. The van der Waals surface area contributed by atoms with E-state index in [1.165, 1.54) is 186 Å². The number of carbonyl (C=O) groups is 1. The van der Waals surface area contributed by atoms with Crippen molar-refractivity contribution in [1.82, 2.24) is 5.32 Å². The van der Waals surface area contributed by atoms with Crippen molar-refractivity contribution in [3.8, 4) is 0 Å². The zero-order valence-electron chi connectivity index (χ0n) is 45.3. The highest BCUT2D eigenvalue weighted by molar-refractivity contribution is 7.47. The van der Waals surface area contributed by atoms with E-state index in [0.29, 0.717) is 17.4 Å². The molecule has 0 saturated carbocycles. The molecule has 3 N–H and O–H groups in total. The van der Waals surface area contributed by atoms with Crippen LogP contribution in [0.25, 0.3) is 0 Å². The van der Waals surface area contributed by atoms with E-state index in [-0.39, 0.29) is 19.1 Å². The molecule has 0 spiro atoms. The molecule has 0 heterocycles. The summed E-state index contributed by atoms with van der Waals surface area (Å²) < 4.78 is 23.7. The Morgan fingerprint density at radius 1 is 0.500 bits per heavy atom. The van der Waals surface area contributed by atoms with Crippen LogP contribution in [0.1, 0.15) is 258 Å². The minimum absolute atomic E-state index is 0.0516. The van der Waals surface area contributed by atoms with Crippen molar-refractivity contribution < 1.29 is 32.9 Å². The molecule has 0 saturated heterocycles. The number of quaternary nitrogens is 1. The van der Waals surface area contributed by atoms with Gasteiger partial charge in [-0.05, 0) is 77.0 Å². The number of nitrogens with one attached hydrogen (secondary N) is 1. The van der Waals surface area contributed by atoms with Crippen molar-refractivity contribution in [3.63, 3.8) is 0 Å². The molecule has 8 nitrogen and oxygen atoms in total. The number of phosphoric acid groups is 1. The number of likely N-dealkylation sites (N-methyl/N-ethyl adjacent to an activating group) is 1. The standard InChI is InChI=1S/C59H111N2O6P/c1-6-8-10-12-14-16-18-20-22-24-26-27-28-29-30-31-32-33-35-37-39-41-43-45-47-49-51-53-59(63)60-57(56-67-68(64,65)66-55-54-61(3,4)5)58(62)52-50-48-46-44-42-40-38-36-34-25-23-21-19-17-15-13-11-9-7-2/h26-27,29-30,34,36,42,44,50,52,57-58,62H,6-25,28,31-33,35,37-41,43,45-49,51,53-56H2,1-5H3,(H-,60,63,64,65)/p+1/b27-26-,30-29-,36-34+,44-42+,52-50+. The van der Waals surface area contributed by atoms with Crippen LogP contribution in [0.15, 0.2) is 60.8 Å². The van der Waals surface area contributed by atoms with E-state index in [9.17, 15) is 19.4 Å². The lowest BCUT2D eigenvalue weighted by Crippen LogP contribution is -2.45. The van der Waals surface area contributed by atoms with Crippen LogP contribution in [-0.4, -0.2) is 73.4 Å². The van der Waals surface area contributed by atoms with E-state index in [0.717, 1.165) is 51.4 Å². The Bertz CT molecular complexity index is 1290. The van der Waals surface area contributed by atoms with Gasteiger partial charge in [-0.1, -0.05) is 235 Å². The summed E-state index contributed by atoms with van der Waals surface area (Å²) in [4.78, 5) is 23.3. The maximum atomic E-state index is 13.0. The van der Waals surface area contributed by atoms with Crippen LogP contribution in [0.2, 0.25) is 0 Å². The summed E-state index contributed by atoms with van der Waals surface area (Å²) >= 11 is 0. The lowest BCUT2D eigenvalue weighted by Gasteiger charge is -2.25. The van der Waals surface area contributed by atoms with Crippen LogP contribution in [0.3, 0.4) is 0 Å². The van der Waals surface area contributed by atoms with Crippen LogP contribution in [0, 0.1) is 0 Å². The van der Waals surface area contributed by atoms with Crippen molar-refractivity contribution in [3.05, 3.63) is 60.8 Å². The highest BCUT2D eigenvalue weighted by Crippen LogP contribution is 2.43. The van der Waals surface area contributed by atoms with E-state index in [4.69, 9.17) is 9.05 Å². The third-order valence-electron chi connectivity index (χ3n) is 12.7. The predicted molar refractivity (Wildman–Crippen MR) is 295 cm³/mol. The quantitative estimate of drug-likeness (QED) is 0.0243. The van der Waals surface area contributed by atoms with E-state index in [1.807, 2.05) is 27.2 Å². The highest BCUT2D eigenvalue weighted by Gasteiger charge is 2.27. The summed E-state index contributed by atoms with van der Waals surface area (Å²) in [5.74, 6) is -0.193. The van der Waals surface area contributed by atoms with Gasteiger partial charge in [-0.2, -0.15) is 0 Å². The average Bonchev–Trinajstić information content (AvgIpc) is 3.30. The van der Waals surface area contributed by atoms with Gasteiger partial charge in [-0.15, -0.1) is 0 Å². The van der Waals surface area contributed by atoms with Crippen molar-refractivity contribution in [1.29, 1.82) is 0 Å². The van der Waals surface area contributed by atoms with Crippen LogP contribution in [-0.2, 0) is 18.4 Å². The monoisotopic (exact) mass is 976 g/mol. The molecule has 68 heavy (non-hydrogen) atoms. The SMILES string of the molecule is CCCCCCCCCCC/C=C\C/C=C\CCCCCCCCCCCCCC(=O)NC(COP(=O)(O)OCC[N+](C)(C)C)C(O)/C=C/CC/C=C/CC/C=C/CCCCCCCCCCC. The molecule has 3 unspecified atom stereocenters. The first-order valence-corrected chi connectivity index (χ1v) is 30.2. The lowest BCUT2D eigenvalue weighted by molar-refractivity contribution is -0.870. The van der Waals surface area contributed by atoms with Gasteiger partial charge in [-0.3, -0.25) is 13.8 Å². The molecule has 1 amide bonds. The van der Waals surface area contributed by atoms with Crippen LogP contribution < -0.4 is 5.32 Å². The summed E-state index contributed by atoms with van der Waals surface area (Å²) in [5, 5.41) is 13.9. The molecule has 9 heteroatoms. The second-order valence-corrected chi connectivity index (χ2v) is 22.1. The number of hydrogen-bond donors (Lipinski definition) is 3. The summed E-state index contributed by atoms with van der Waals surface area (Å²) in [6.07, 6.45) is 67.5. The largest absolute Gasteiger partial charge is 0.472 e. The molecule has 0 bridgehead atoms. The van der Waals surface area contributed by atoms with Gasteiger partial charge in [0.15, 0.2) is 0 Å². The number of aliphatic hydroxyl groups is 1. The van der Waals surface area contributed by atoms with Gasteiger partial charge in [-0.25, -0.2) is 4.57 Å². The molecule has 0 fully saturated rings. The van der Waals surface area contributed by atoms with Gasteiger partial charge < -0.3 is 19.8 Å². The zero-order chi connectivity index (χ0) is 49.9. The molecule has 398 valence electrons. The van der Waals surface area contributed by atoms with Gasteiger partial charge >= 0.3 is 7.82 Å². The third-order valence-corrected chi connectivity index (χ3v) is 13.7. The number of phosphoric ester groups is 1. The normalized spacial score (nSPS) is 14.4. The Morgan fingerprint density at radius 3 is 1.26 bits per heavy atom. The molecule has 0 aromatic heterocycles. The second kappa shape index (κ2) is 50.2. The van der Waals surface area contributed by atoms with Gasteiger partial charge in [0.2, 0.25) is 5.91 Å². The number of unbranched alkanes of at least 4 members (excludes halogenated alkanes) is 31. The Balaban J connectivity index is 4.26. The summed E-state index contributed by atoms with van der Waals surface area (Å²) in [6.45, 7) is 4.80. The van der Waals surface area contributed by atoms with Gasteiger partial charge in [0, 0.05) is 6.42 Å². The van der Waals surface area contributed by atoms with Crippen LogP contribution in [0.5, 0.6) is 0 Å². The molecule has 0 rings (SSSR count). The molecule has 0 aliphatic carbocycles. The van der Waals surface area contributed by atoms with Crippen molar-refractivity contribution in [2.24, 2.45) is 0 Å². The Kier molecular flexibility index (Phi) is 48.8. The topological polar surface area (TPSA) is 105 Å². The Hall–Kier alpha value is -1.80. The van der Waals surface area contributed by atoms with Gasteiger partial charge in [0.05, 0.1) is 39.9 Å². The van der Waals surface area contributed by atoms with E-state index in [2.05, 4.69) is 67.8 Å². The lowest BCUT2D eigenvalue weighted by atomic mass is 10.0. The smallest absolute Gasteiger partial charge is 0.387 e. The molecule has 0 aromatic rings. The average molecular weight is 977 g/mol. The summed E-state index contributed by atoms with van der Waals surface area (Å²) in [5.41, 5.74) is 0. The Labute approximate surface area is 422 Å². The number of amides is 1. The van der Waals surface area contributed by atoms with Crippen molar-refractivity contribution >= 4 is 13.7 Å². The number of aliphatic hydroxyl groups excluding tert-OH is 1. The number of hydrogen-bond acceptors (Lipinski definition) is 5. The van der Waals surface area contributed by atoms with E-state index in [1.54, 1.807) is 6.08 Å². The van der Waals surface area contributed by atoms with Gasteiger partial charge in [0.1, 0.15) is 13.2 Å². The Morgan fingerprint density at radius 2 is 0.853 bits per heavy atom. The molecular weight excluding hydrogens is 864 g/mol. The molecule has 0 radical (unpaired) electrons. The molecular formula is C59H112N2O6P+. The van der Waals surface area contributed by atoms with Gasteiger partial charge in [0.25, 0.3) is 0 Å². The second-order valence-electron chi connectivity index (χ2n) is 20.6. The van der Waals surface area contributed by atoms with Crippen molar-refractivity contribution in [2.75, 3.05) is 40.9 Å². The fourth-order valence-corrected chi connectivity index (χ4v) is 8.90. The molecule has 0 aromatic carbocycles. The third kappa shape index (κ3) is 52.0. The summed E-state index contributed by atoms with van der Waals surface area (Å²) in [7, 11) is 1.54. The maximum Gasteiger partial charge on any atom is 0.472 e. The first-order valence-electron chi connectivity index (χ1n) is 28.7. The number of allylic oxidation sites excluding steroid dienone is 9. The minimum Gasteiger partial charge on any atom is -0.387 e. The predicted octanol–water partition coefficient (Wildman–Crippen LogP) is 17.3. The fraction of sp³-hybridized carbons (Fsp3) is 0.814. The van der Waals surface area contributed by atoms with Crippen molar-refractivity contribution in [2.45, 2.75) is 270 Å². The van der Waals surface area contributed by atoms with Crippen LogP contribution >= 0.6 is 7.82 Å². The minimum atomic E-state index is -4.36. The molecule has 3 atom stereocenters.